The molecule has 2 heterocycles. The monoisotopic (exact) mass is 604 g/mol. The van der Waals surface area contributed by atoms with E-state index in [0.717, 1.165) is 39.3 Å². The fourth-order valence-corrected chi connectivity index (χ4v) is 5.52. The van der Waals surface area contributed by atoms with Gasteiger partial charge in [-0.3, -0.25) is 4.90 Å². The summed E-state index contributed by atoms with van der Waals surface area (Å²) in [4.78, 5) is 12.9. The van der Waals surface area contributed by atoms with Crippen LogP contribution in [0.25, 0.3) is 22.2 Å². The molecule has 0 spiro atoms. The van der Waals surface area contributed by atoms with Crippen LogP contribution >= 0.6 is 11.6 Å². The molecule has 42 heavy (non-hydrogen) atoms. The molecule has 8 nitrogen and oxygen atoms in total. The molecule has 0 amide bonds. The lowest BCUT2D eigenvalue weighted by Crippen LogP contribution is -2.24. The zero-order valence-electron chi connectivity index (χ0n) is 24.0. The van der Waals surface area contributed by atoms with E-state index >= 15 is 0 Å². The lowest BCUT2D eigenvalue weighted by Gasteiger charge is -2.21. The summed E-state index contributed by atoms with van der Waals surface area (Å²) in [6.07, 6.45) is 2.79. The summed E-state index contributed by atoms with van der Waals surface area (Å²) in [6.45, 7) is 3.42. The van der Waals surface area contributed by atoms with Crippen LogP contribution in [0.1, 0.15) is 16.9 Å². The van der Waals surface area contributed by atoms with Crippen LogP contribution in [-0.4, -0.2) is 55.9 Å². The molecule has 0 saturated carbocycles. The van der Waals surface area contributed by atoms with Crippen LogP contribution in [0.2, 0.25) is 5.02 Å². The Morgan fingerprint density at radius 2 is 1.81 bits per heavy atom. The molecule has 0 N–H and O–H groups in total. The van der Waals surface area contributed by atoms with Gasteiger partial charge < -0.3 is 14.1 Å². The second-order valence-electron chi connectivity index (χ2n) is 10.5. The van der Waals surface area contributed by atoms with Crippen LogP contribution in [0.15, 0.2) is 83.5 Å². The number of fused-ring (bicyclic) bond motifs is 1. The molecule has 0 saturated heterocycles. The smallest absolute Gasteiger partial charge is 0.148 e. The van der Waals surface area contributed by atoms with Crippen LogP contribution in [0, 0.1) is 6.92 Å². The average Bonchev–Trinajstić information content (AvgIpc) is 3.42. The summed E-state index contributed by atoms with van der Waals surface area (Å²) >= 11 is 6.63. The Balaban J connectivity index is 1.34. The van der Waals surface area contributed by atoms with Gasteiger partial charge in [-0.25, -0.2) is 18.4 Å². The standard InChI is InChI=1S/C32H33ClN4O4S/c1-22-6-5-7-23(16-22)20-40-31-12-9-25(18-28(31)33)37(3)32-27-17-24(8-11-29(27)34-21-35-32)30-13-10-26(41-30)19-36(2)14-15-42(4,38)39/h5-13,16-18,21H,14-15,19-20H2,1-4H3. The molecule has 0 aliphatic heterocycles. The molecular formula is C32H33ClN4O4S. The zero-order valence-corrected chi connectivity index (χ0v) is 25.6. The van der Waals surface area contributed by atoms with Crippen molar-refractivity contribution in [2.24, 2.45) is 0 Å². The number of furan rings is 1. The minimum Gasteiger partial charge on any atom is -0.487 e. The number of aromatic nitrogens is 2. The maximum absolute atomic E-state index is 11.5. The summed E-state index contributed by atoms with van der Waals surface area (Å²) in [5, 5.41) is 1.37. The summed E-state index contributed by atoms with van der Waals surface area (Å²) in [5.41, 5.74) is 4.80. The topological polar surface area (TPSA) is 88.8 Å². The first-order valence-corrected chi connectivity index (χ1v) is 15.9. The Kier molecular flexibility index (Phi) is 8.82. The zero-order chi connectivity index (χ0) is 29.9. The van der Waals surface area contributed by atoms with Crippen molar-refractivity contribution in [3.8, 4) is 17.1 Å². The van der Waals surface area contributed by atoms with Gasteiger partial charge in [0.05, 0.1) is 22.8 Å². The third-order valence-electron chi connectivity index (χ3n) is 6.93. The van der Waals surface area contributed by atoms with E-state index in [-0.39, 0.29) is 5.75 Å². The summed E-state index contributed by atoms with van der Waals surface area (Å²) in [5.74, 6) is 2.90. The van der Waals surface area contributed by atoms with E-state index in [1.807, 2.05) is 84.6 Å². The highest BCUT2D eigenvalue weighted by Crippen LogP contribution is 2.35. The van der Waals surface area contributed by atoms with E-state index in [9.17, 15) is 8.42 Å². The number of nitrogens with zero attached hydrogens (tertiary/aromatic N) is 4. The van der Waals surface area contributed by atoms with Crippen molar-refractivity contribution in [1.29, 1.82) is 0 Å². The lowest BCUT2D eigenvalue weighted by atomic mass is 10.1. The molecule has 0 aliphatic rings. The van der Waals surface area contributed by atoms with Gasteiger partial charge in [-0.15, -0.1) is 0 Å². The first-order chi connectivity index (χ1) is 20.1. The highest BCUT2D eigenvalue weighted by molar-refractivity contribution is 7.90. The first-order valence-electron chi connectivity index (χ1n) is 13.5. The van der Waals surface area contributed by atoms with E-state index in [0.29, 0.717) is 36.2 Å². The Morgan fingerprint density at radius 3 is 2.57 bits per heavy atom. The van der Waals surface area contributed by atoms with Gasteiger partial charge in [0, 0.05) is 36.5 Å². The third-order valence-corrected chi connectivity index (χ3v) is 8.15. The van der Waals surface area contributed by atoms with E-state index in [2.05, 4.69) is 29.0 Å². The minimum absolute atomic E-state index is 0.104. The van der Waals surface area contributed by atoms with Crippen LogP contribution in [0.3, 0.4) is 0 Å². The molecule has 0 fully saturated rings. The molecule has 5 aromatic rings. The molecule has 0 bridgehead atoms. The van der Waals surface area contributed by atoms with Crippen molar-refractivity contribution in [2.75, 3.05) is 37.5 Å². The van der Waals surface area contributed by atoms with Crippen molar-refractivity contribution in [3.63, 3.8) is 0 Å². The molecule has 10 heteroatoms. The second kappa shape index (κ2) is 12.5. The summed E-state index contributed by atoms with van der Waals surface area (Å²) in [6, 6.07) is 23.6. The molecule has 0 aliphatic carbocycles. The third kappa shape index (κ3) is 7.28. The van der Waals surface area contributed by atoms with Crippen LogP contribution < -0.4 is 9.64 Å². The predicted molar refractivity (Wildman–Crippen MR) is 168 cm³/mol. The number of hydrogen-bond acceptors (Lipinski definition) is 8. The SMILES string of the molecule is Cc1cccc(COc2ccc(N(C)c3ncnc4ccc(-c5ccc(CN(C)CCS(C)(=O)=O)o5)cc34)cc2Cl)c1. The quantitative estimate of drug-likeness (QED) is 0.165. The van der Waals surface area contributed by atoms with Crippen LogP contribution in [0.4, 0.5) is 11.5 Å². The van der Waals surface area contributed by atoms with Crippen LogP contribution in [0.5, 0.6) is 5.75 Å². The van der Waals surface area contributed by atoms with Crippen molar-refractivity contribution >= 4 is 43.8 Å². The molecule has 218 valence electrons. The minimum atomic E-state index is -3.02. The fourth-order valence-electron chi connectivity index (χ4n) is 4.65. The number of sulfone groups is 1. The highest BCUT2D eigenvalue weighted by Gasteiger charge is 2.15. The average molecular weight is 605 g/mol. The number of hydrogen-bond donors (Lipinski definition) is 0. The van der Waals surface area contributed by atoms with Gasteiger partial charge in [0.25, 0.3) is 0 Å². The van der Waals surface area contributed by atoms with Crippen molar-refractivity contribution in [3.05, 3.63) is 101 Å². The Labute approximate surface area is 251 Å². The van der Waals surface area contributed by atoms with E-state index in [1.54, 1.807) is 6.33 Å². The van der Waals surface area contributed by atoms with Gasteiger partial charge in [-0.05, 0) is 68.1 Å². The van der Waals surface area contributed by atoms with Gasteiger partial charge >= 0.3 is 0 Å². The summed E-state index contributed by atoms with van der Waals surface area (Å²) < 4.78 is 35.1. The van der Waals surface area contributed by atoms with Gasteiger partial charge in [-0.1, -0.05) is 41.4 Å². The molecule has 0 unspecified atom stereocenters. The molecule has 0 atom stereocenters. The van der Waals surface area contributed by atoms with Gasteiger partial charge in [0.2, 0.25) is 0 Å². The maximum Gasteiger partial charge on any atom is 0.148 e. The molecule has 0 radical (unpaired) electrons. The van der Waals surface area contributed by atoms with Crippen molar-refractivity contribution in [2.45, 2.75) is 20.1 Å². The second-order valence-corrected chi connectivity index (χ2v) is 13.2. The highest BCUT2D eigenvalue weighted by atomic mass is 35.5. The lowest BCUT2D eigenvalue weighted by molar-refractivity contribution is 0.306. The molecule has 2 aromatic heterocycles. The number of aryl methyl sites for hydroxylation is 1. The normalized spacial score (nSPS) is 11.8. The van der Waals surface area contributed by atoms with Gasteiger partial charge in [0.15, 0.2) is 0 Å². The number of benzene rings is 3. The van der Waals surface area contributed by atoms with Crippen molar-refractivity contribution in [1.82, 2.24) is 14.9 Å². The molecule has 5 rings (SSSR count). The van der Waals surface area contributed by atoms with E-state index in [1.165, 1.54) is 11.8 Å². The van der Waals surface area contributed by atoms with E-state index in [4.69, 9.17) is 20.8 Å². The Bertz CT molecular complexity index is 1820. The number of halogens is 1. The van der Waals surface area contributed by atoms with Crippen molar-refractivity contribution < 1.29 is 17.6 Å². The first kappa shape index (κ1) is 29.6. The molecule has 3 aromatic carbocycles. The maximum atomic E-state index is 11.5. The Hall–Kier alpha value is -3.92. The molecular weight excluding hydrogens is 572 g/mol. The van der Waals surface area contributed by atoms with Gasteiger partial charge in [-0.2, -0.15) is 0 Å². The van der Waals surface area contributed by atoms with Gasteiger partial charge in [0.1, 0.15) is 45.9 Å². The number of ether oxygens (including phenoxy) is 1. The van der Waals surface area contributed by atoms with Crippen LogP contribution in [-0.2, 0) is 23.0 Å². The predicted octanol–water partition coefficient (Wildman–Crippen LogP) is 6.67. The summed E-state index contributed by atoms with van der Waals surface area (Å²) in [7, 11) is 0.786. The Morgan fingerprint density at radius 1 is 0.976 bits per heavy atom. The number of anilines is 2. The largest absolute Gasteiger partial charge is 0.487 e. The number of rotatable bonds is 11. The van der Waals surface area contributed by atoms with E-state index < -0.39 is 9.84 Å². The fraction of sp³-hybridized carbons (Fsp3) is 0.250.